The number of halogens is 4. The van der Waals surface area contributed by atoms with Crippen LogP contribution in [0, 0.1) is 0 Å². The number of hydrogen-bond acceptors (Lipinski definition) is 4. The van der Waals surface area contributed by atoms with Gasteiger partial charge in [-0.1, -0.05) is 11.6 Å². The summed E-state index contributed by atoms with van der Waals surface area (Å²) in [6.45, 7) is 0.300. The van der Waals surface area contributed by atoms with Gasteiger partial charge in [0.25, 0.3) is 0 Å². The number of hydrogen-bond donors (Lipinski definition) is 1. The highest BCUT2D eigenvalue weighted by Crippen LogP contribution is 2.31. The Labute approximate surface area is 110 Å². The highest BCUT2D eigenvalue weighted by Gasteiger charge is 2.31. The van der Waals surface area contributed by atoms with Crippen LogP contribution in [-0.4, -0.2) is 9.97 Å². The number of alkyl halides is 3. The molecule has 0 aromatic carbocycles. The van der Waals surface area contributed by atoms with Crippen molar-refractivity contribution < 1.29 is 13.2 Å². The van der Waals surface area contributed by atoms with Crippen LogP contribution < -0.4 is 5.32 Å². The van der Waals surface area contributed by atoms with E-state index in [0.717, 1.165) is 17.8 Å². The largest absolute Gasteiger partial charge is 0.416 e. The quantitative estimate of drug-likeness (QED) is 0.874. The molecule has 0 amide bonds. The minimum absolute atomic E-state index is 0.0721. The van der Waals surface area contributed by atoms with Gasteiger partial charge >= 0.3 is 6.18 Å². The molecule has 0 fully saturated rings. The van der Waals surface area contributed by atoms with Gasteiger partial charge < -0.3 is 5.32 Å². The van der Waals surface area contributed by atoms with Crippen molar-refractivity contribution in [1.29, 1.82) is 0 Å². The smallest absolute Gasteiger partial charge is 0.364 e. The van der Waals surface area contributed by atoms with E-state index in [4.69, 9.17) is 11.6 Å². The van der Waals surface area contributed by atoms with Crippen molar-refractivity contribution in [3.05, 3.63) is 39.4 Å². The summed E-state index contributed by atoms with van der Waals surface area (Å²) in [6.07, 6.45) is -4.44. The van der Waals surface area contributed by atoms with E-state index < -0.39 is 11.7 Å². The van der Waals surface area contributed by atoms with E-state index in [1.807, 2.05) is 0 Å². The molecule has 0 saturated heterocycles. The molecule has 18 heavy (non-hydrogen) atoms. The van der Waals surface area contributed by atoms with Gasteiger partial charge in [0.1, 0.15) is 11.0 Å². The first-order valence-corrected chi connectivity index (χ1v) is 6.13. The summed E-state index contributed by atoms with van der Waals surface area (Å²) < 4.78 is 37.6. The molecule has 2 aromatic heterocycles. The Morgan fingerprint density at radius 3 is 2.72 bits per heavy atom. The lowest BCUT2D eigenvalue weighted by atomic mass is 10.2. The van der Waals surface area contributed by atoms with Gasteiger partial charge in [-0.2, -0.15) is 13.2 Å². The summed E-state index contributed by atoms with van der Waals surface area (Å²) in [5, 5.41) is 4.34. The minimum Gasteiger partial charge on any atom is -0.364 e. The summed E-state index contributed by atoms with van der Waals surface area (Å²) in [7, 11) is 0. The number of nitrogens with one attached hydrogen (secondary N) is 1. The summed E-state index contributed by atoms with van der Waals surface area (Å²) in [5.74, 6) is 0.0721. The number of rotatable bonds is 3. The van der Waals surface area contributed by atoms with Gasteiger partial charge in [0.2, 0.25) is 0 Å². The van der Waals surface area contributed by atoms with Crippen molar-refractivity contribution in [3.63, 3.8) is 0 Å². The van der Waals surface area contributed by atoms with Gasteiger partial charge in [-0.15, -0.1) is 11.3 Å². The Balaban J connectivity index is 2.15. The van der Waals surface area contributed by atoms with Crippen LogP contribution in [0.1, 0.15) is 11.3 Å². The molecule has 0 aliphatic carbocycles. The molecule has 0 spiro atoms. The van der Waals surface area contributed by atoms with E-state index >= 15 is 0 Å². The van der Waals surface area contributed by atoms with Crippen molar-refractivity contribution in [1.82, 2.24) is 9.97 Å². The molecule has 0 atom stereocenters. The molecule has 3 nitrogen and oxygen atoms in total. The van der Waals surface area contributed by atoms with E-state index in [-0.39, 0.29) is 11.0 Å². The van der Waals surface area contributed by atoms with Gasteiger partial charge in [-0.3, -0.25) is 0 Å². The molecule has 0 radical (unpaired) electrons. The summed E-state index contributed by atoms with van der Waals surface area (Å²) in [4.78, 5) is 7.77. The zero-order valence-electron chi connectivity index (χ0n) is 8.83. The molecule has 0 unspecified atom stereocenters. The van der Waals surface area contributed by atoms with E-state index in [0.29, 0.717) is 6.54 Å². The van der Waals surface area contributed by atoms with Crippen LogP contribution in [0.15, 0.2) is 23.0 Å². The van der Waals surface area contributed by atoms with E-state index in [2.05, 4.69) is 15.3 Å². The van der Waals surface area contributed by atoms with E-state index in [1.54, 1.807) is 10.9 Å². The maximum Gasteiger partial charge on any atom is 0.416 e. The Hall–Kier alpha value is -1.34. The number of thiazole rings is 1. The highest BCUT2D eigenvalue weighted by atomic mass is 35.5. The number of anilines is 1. The number of pyridine rings is 1. The fourth-order valence-electron chi connectivity index (χ4n) is 1.26. The normalized spacial score (nSPS) is 11.6. The number of aromatic nitrogens is 2. The highest BCUT2D eigenvalue weighted by molar-refractivity contribution is 7.07. The molecule has 2 heterocycles. The summed E-state index contributed by atoms with van der Waals surface area (Å²) >= 11 is 6.96. The van der Waals surface area contributed by atoms with Crippen molar-refractivity contribution in [2.45, 2.75) is 12.7 Å². The van der Waals surface area contributed by atoms with Crippen molar-refractivity contribution >= 4 is 28.8 Å². The van der Waals surface area contributed by atoms with Crippen LogP contribution in [0.4, 0.5) is 19.0 Å². The van der Waals surface area contributed by atoms with Gasteiger partial charge in [0.15, 0.2) is 0 Å². The second-order valence-corrected chi connectivity index (χ2v) is 4.50. The topological polar surface area (TPSA) is 37.8 Å². The zero-order valence-corrected chi connectivity index (χ0v) is 10.4. The van der Waals surface area contributed by atoms with Crippen LogP contribution in [0.25, 0.3) is 0 Å². The maximum atomic E-state index is 12.5. The lowest BCUT2D eigenvalue weighted by Gasteiger charge is -2.10. The lowest BCUT2D eigenvalue weighted by Crippen LogP contribution is -2.08. The average molecular weight is 294 g/mol. The van der Waals surface area contributed by atoms with Crippen molar-refractivity contribution in [2.75, 3.05) is 5.32 Å². The maximum absolute atomic E-state index is 12.5. The van der Waals surface area contributed by atoms with Gasteiger partial charge in [0, 0.05) is 5.38 Å². The molecule has 8 heteroatoms. The zero-order chi connectivity index (χ0) is 13.2. The molecule has 0 saturated carbocycles. The molecular formula is C10H7ClF3N3S. The third kappa shape index (κ3) is 3.33. The van der Waals surface area contributed by atoms with Crippen molar-refractivity contribution in [2.24, 2.45) is 0 Å². The minimum atomic E-state index is -4.44. The first-order valence-electron chi connectivity index (χ1n) is 4.81. The molecule has 96 valence electrons. The van der Waals surface area contributed by atoms with Gasteiger partial charge in [-0.05, 0) is 12.1 Å². The Morgan fingerprint density at radius 2 is 2.11 bits per heavy atom. The SMILES string of the molecule is FC(F)(F)c1cc(Cl)nc(NCc2cscn2)c1. The fourth-order valence-corrected chi connectivity index (χ4v) is 2.02. The van der Waals surface area contributed by atoms with Gasteiger partial charge in [-0.25, -0.2) is 9.97 Å². The summed E-state index contributed by atoms with van der Waals surface area (Å²) in [6, 6.07) is 1.70. The van der Waals surface area contributed by atoms with Crippen molar-refractivity contribution in [3.8, 4) is 0 Å². The average Bonchev–Trinajstić information content (AvgIpc) is 2.77. The Kier molecular flexibility index (Phi) is 3.72. The molecule has 0 aliphatic rings. The Bertz CT molecular complexity index is 528. The molecular weight excluding hydrogens is 287 g/mol. The summed E-state index contributed by atoms with van der Waals surface area (Å²) in [5.41, 5.74) is 1.54. The lowest BCUT2D eigenvalue weighted by molar-refractivity contribution is -0.137. The van der Waals surface area contributed by atoms with Gasteiger partial charge in [0.05, 0.1) is 23.3 Å². The van der Waals surface area contributed by atoms with E-state index in [9.17, 15) is 13.2 Å². The molecule has 0 bridgehead atoms. The second kappa shape index (κ2) is 5.11. The van der Waals surface area contributed by atoms with Crippen LogP contribution in [0.2, 0.25) is 5.15 Å². The fraction of sp³-hybridized carbons (Fsp3) is 0.200. The Morgan fingerprint density at radius 1 is 1.33 bits per heavy atom. The third-order valence-electron chi connectivity index (χ3n) is 2.06. The second-order valence-electron chi connectivity index (χ2n) is 3.39. The molecule has 2 rings (SSSR count). The standard InChI is InChI=1S/C10H7ClF3N3S/c11-8-1-6(10(12,13)14)2-9(17-8)15-3-7-4-18-5-16-7/h1-2,4-5H,3H2,(H,15,17). The molecule has 0 aliphatic heterocycles. The van der Waals surface area contributed by atoms with Crippen LogP contribution in [-0.2, 0) is 12.7 Å². The molecule has 2 aromatic rings. The predicted octanol–water partition coefficient (Wildman–Crippen LogP) is 3.82. The first-order chi connectivity index (χ1) is 8.45. The number of nitrogens with zero attached hydrogens (tertiary/aromatic N) is 2. The van der Waals surface area contributed by atoms with Crippen LogP contribution >= 0.6 is 22.9 Å². The van der Waals surface area contributed by atoms with Crippen LogP contribution in [0.3, 0.4) is 0 Å². The first kappa shape index (κ1) is 13.1. The van der Waals surface area contributed by atoms with E-state index in [1.165, 1.54) is 11.3 Å². The van der Waals surface area contributed by atoms with Crippen LogP contribution in [0.5, 0.6) is 0 Å². The molecule has 1 N–H and O–H groups in total. The third-order valence-corrected chi connectivity index (χ3v) is 2.88. The predicted molar refractivity (Wildman–Crippen MR) is 63.7 cm³/mol. The monoisotopic (exact) mass is 293 g/mol.